The van der Waals surface area contributed by atoms with E-state index >= 15 is 0 Å². The second kappa shape index (κ2) is 8.12. The van der Waals surface area contributed by atoms with Crippen molar-refractivity contribution in [3.63, 3.8) is 0 Å². The van der Waals surface area contributed by atoms with Gasteiger partial charge in [-0.25, -0.2) is 15.0 Å². The van der Waals surface area contributed by atoms with E-state index in [4.69, 9.17) is 16.3 Å². The predicted molar refractivity (Wildman–Crippen MR) is 108 cm³/mol. The smallest absolute Gasteiger partial charge is 0.124 e. The lowest BCUT2D eigenvalue weighted by Crippen LogP contribution is -2.22. The molecule has 136 valence electrons. The summed E-state index contributed by atoms with van der Waals surface area (Å²) in [5, 5.41) is 0.704. The van der Waals surface area contributed by atoms with E-state index < -0.39 is 8.07 Å². The summed E-state index contributed by atoms with van der Waals surface area (Å²) >= 11 is 6.05. The minimum absolute atomic E-state index is 0.459. The molecule has 0 N–H and O–H groups in total. The lowest BCUT2D eigenvalue weighted by molar-refractivity contribution is 0.0882. The highest BCUT2D eigenvalue weighted by atomic mass is 35.5. The van der Waals surface area contributed by atoms with Gasteiger partial charge in [0.1, 0.15) is 18.8 Å². The molecule has 0 aliphatic carbocycles. The van der Waals surface area contributed by atoms with Gasteiger partial charge in [0.25, 0.3) is 0 Å². The van der Waals surface area contributed by atoms with Crippen LogP contribution >= 0.6 is 11.6 Å². The Morgan fingerprint density at radius 3 is 2.50 bits per heavy atom. The van der Waals surface area contributed by atoms with Gasteiger partial charge in [0.05, 0.1) is 17.7 Å². The number of hydrogen-bond donors (Lipinski definition) is 0. The van der Waals surface area contributed by atoms with Crippen LogP contribution in [0.5, 0.6) is 0 Å². The van der Waals surface area contributed by atoms with E-state index in [9.17, 15) is 0 Å². The first-order valence-electron chi connectivity index (χ1n) is 8.59. The van der Waals surface area contributed by atoms with Gasteiger partial charge in [0, 0.05) is 31.5 Å². The molecule has 0 atom stereocenters. The van der Waals surface area contributed by atoms with Crippen LogP contribution in [0.15, 0.2) is 49.2 Å². The first kappa shape index (κ1) is 18.8. The molecule has 5 nitrogen and oxygen atoms in total. The SMILES string of the molecule is C[Si](C)(C)CCOCn1cnc(-c2ccncn2)c1-c1ccc(Cl)cc1. The third kappa shape index (κ3) is 4.78. The molecule has 0 aliphatic heterocycles. The van der Waals surface area contributed by atoms with Crippen LogP contribution in [0.1, 0.15) is 0 Å². The maximum atomic E-state index is 6.05. The number of hydrogen-bond acceptors (Lipinski definition) is 4. The second-order valence-corrected chi connectivity index (χ2v) is 13.4. The predicted octanol–water partition coefficient (Wildman–Crippen LogP) is 4.97. The van der Waals surface area contributed by atoms with Crippen molar-refractivity contribution in [1.29, 1.82) is 0 Å². The number of imidazole rings is 1. The first-order valence-corrected chi connectivity index (χ1v) is 12.7. The zero-order chi connectivity index (χ0) is 18.6. The molecular weight excluding hydrogens is 364 g/mol. The maximum Gasteiger partial charge on any atom is 0.124 e. The molecule has 7 heteroatoms. The van der Waals surface area contributed by atoms with Crippen molar-refractivity contribution in [3.05, 3.63) is 54.2 Å². The number of nitrogens with zero attached hydrogens (tertiary/aromatic N) is 4. The van der Waals surface area contributed by atoms with Crippen LogP contribution in [0.25, 0.3) is 22.6 Å². The van der Waals surface area contributed by atoms with Crippen molar-refractivity contribution in [2.45, 2.75) is 32.4 Å². The minimum atomic E-state index is -1.11. The van der Waals surface area contributed by atoms with Crippen molar-refractivity contribution in [2.24, 2.45) is 0 Å². The quantitative estimate of drug-likeness (QED) is 0.424. The largest absolute Gasteiger partial charge is 0.361 e. The van der Waals surface area contributed by atoms with E-state index in [1.165, 1.54) is 6.33 Å². The summed E-state index contributed by atoms with van der Waals surface area (Å²) in [5.74, 6) is 0. The zero-order valence-corrected chi connectivity index (χ0v) is 17.1. The molecule has 26 heavy (non-hydrogen) atoms. The average molecular weight is 387 g/mol. The summed E-state index contributed by atoms with van der Waals surface area (Å²) in [6, 6.07) is 10.7. The lowest BCUT2D eigenvalue weighted by atomic mass is 10.1. The van der Waals surface area contributed by atoms with Crippen molar-refractivity contribution >= 4 is 19.7 Å². The van der Waals surface area contributed by atoms with Crippen LogP contribution in [-0.2, 0) is 11.5 Å². The van der Waals surface area contributed by atoms with Gasteiger partial charge in [0.2, 0.25) is 0 Å². The van der Waals surface area contributed by atoms with Gasteiger partial charge in [-0.2, -0.15) is 0 Å². The second-order valence-electron chi connectivity index (χ2n) is 7.36. The Morgan fingerprint density at radius 1 is 1.08 bits per heavy atom. The fourth-order valence-electron chi connectivity index (χ4n) is 2.55. The summed E-state index contributed by atoms with van der Waals surface area (Å²) in [4.78, 5) is 12.9. The summed E-state index contributed by atoms with van der Waals surface area (Å²) in [5.41, 5.74) is 3.58. The van der Waals surface area contributed by atoms with E-state index in [-0.39, 0.29) is 0 Å². The maximum absolute atomic E-state index is 6.05. The third-order valence-corrected chi connectivity index (χ3v) is 5.96. The molecule has 0 saturated heterocycles. The highest BCUT2D eigenvalue weighted by Crippen LogP contribution is 2.30. The van der Waals surface area contributed by atoms with Crippen LogP contribution in [-0.4, -0.2) is 34.2 Å². The van der Waals surface area contributed by atoms with E-state index in [0.29, 0.717) is 11.8 Å². The molecule has 0 bridgehead atoms. The van der Waals surface area contributed by atoms with Crippen LogP contribution in [0, 0.1) is 0 Å². The van der Waals surface area contributed by atoms with Crippen LogP contribution in [0.4, 0.5) is 0 Å². The Kier molecular flexibility index (Phi) is 5.86. The fourth-order valence-corrected chi connectivity index (χ4v) is 3.43. The third-order valence-electron chi connectivity index (χ3n) is 4.01. The number of ether oxygens (including phenoxy) is 1. The van der Waals surface area contributed by atoms with E-state index in [0.717, 1.165) is 35.3 Å². The Labute approximate surface area is 160 Å². The molecular formula is C19H23ClN4OSi. The van der Waals surface area contributed by atoms with Gasteiger partial charge in [-0.05, 0) is 24.2 Å². The summed E-state index contributed by atoms with van der Waals surface area (Å²) in [6.45, 7) is 8.26. The van der Waals surface area contributed by atoms with Crippen molar-refractivity contribution in [2.75, 3.05) is 6.61 Å². The van der Waals surface area contributed by atoms with Crippen LogP contribution in [0.2, 0.25) is 30.7 Å². The van der Waals surface area contributed by atoms with E-state index in [1.807, 2.05) is 34.9 Å². The molecule has 0 fully saturated rings. The number of benzene rings is 1. The molecule has 3 aromatic rings. The number of halogens is 1. The molecule has 0 unspecified atom stereocenters. The lowest BCUT2D eigenvalue weighted by Gasteiger charge is -2.16. The normalized spacial score (nSPS) is 11.7. The highest BCUT2D eigenvalue weighted by Gasteiger charge is 2.17. The highest BCUT2D eigenvalue weighted by molar-refractivity contribution is 6.76. The Bertz CT molecular complexity index is 844. The van der Waals surface area contributed by atoms with E-state index in [1.54, 1.807) is 12.5 Å². The standard InChI is InChI=1S/C19H23ClN4OSi/c1-26(2,3)11-10-25-14-24-13-23-18(17-8-9-21-12-22-17)19(24)15-4-6-16(20)7-5-15/h4-9,12-13H,10-11,14H2,1-3H3. The first-order chi connectivity index (χ1) is 12.4. The van der Waals surface area contributed by atoms with Gasteiger partial charge in [-0.15, -0.1) is 0 Å². The van der Waals surface area contributed by atoms with Gasteiger partial charge in [-0.3, -0.25) is 0 Å². The molecule has 2 heterocycles. The van der Waals surface area contributed by atoms with Crippen molar-refractivity contribution < 1.29 is 4.74 Å². The van der Waals surface area contributed by atoms with Gasteiger partial charge in [0.15, 0.2) is 0 Å². The van der Waals surface area contributed by atoms with Crippen LogP contribution in [0.3, 0.4) is 0 Å². The van der Waals surface area contributed by atoms with Crippen LogP contribution < -0.4 is 0 Å². The monoisotopic (exact) mass is 386 g/mol. The fraction of sp³-hybridized carbons (Fsp3) is 0.316. The number of aromatic nitrogens is 4. The van der Waals surface area contributed by atoms with Gasteiger partial charge in [-0.1, -0.05) is 43.4 Å². The Morgan fingerprint density at radius 2 is 1.85 bits per heavy atom. The molecule has 2 aromatic heterocycles. The summed E-state index contributed by atoms with van der Waals surface area (Å²) in [7, 11) is -1.11. The topological polar surface area (TPSA) is 52.8 Å². The Balaban J connectivity index is 1.89. The molecule has 3 rings (SSSR count). The molecule has 0 spiro atoms. The number of rotatable bonds is 7. The van der Waals surface area contributed by atoms with E-state index in [2.05, 4.69) is 34.6 Å². The Hall–Kier alpha value is -2.02. The van der Waals surface area contributed by atoms with Gasteiger partial charge >= 0.3 is 0 Å². The van der Waals surface area contributed by atoms with Crippen molar-refractivity contribution in [3.8, 4) is 22.6 Å². The molecule has 0 saturated carbocycles. The molecule has 0 radical (unpaired) electrons. The summed E-state index contributed by atoms with van der Waals surface area (Å²) in [6.07, 6.45) is 5.05. The molecule has 1 aromatic carbocycles. The average Bonchev–Trinajstić information content (AvgIpc) is 3.03. The minimum Gasteiger partial charge on any atom is -0.361 e. The van der Waals surface area contributed by atoms with Gasteiger partial charge < -0.3 is 9.30 Å². The zero-order valence-electron chi connectivity index (χ0n) is 15.3. The molecule has 0 aliphatic rings. The summed E-state index contributed by atoms with van der Waals surface area (Å²) < 4.78 is 7.95. The molecule has 0 amide bonds. The van der Waals surface area contributed by atoms with Crippen molar-refractivity contribution in [1.82, 2.24) is 19.5 Å².